The van der Waals surface area contributed by atoms with Gasteiger partial charge in [0.1, 0.15) is 11.5 Å². The maximum absolute atomic E-state index is 12.3. The molecule has 1 unspecified atom stereocenters. The fraction of sp³-hybridized carbons (Fsp3) is 0.706. The number of aryl methyl sites for hydroxylation is 1. The van der Waals surface area contributed by atoms with Crippen molar-refractivity contribution in [2.45, 2.75) is 25.8 Å². The van der Waals surface area contributed by atoms with E-state index in [4.69, 9.17) is 13.9 Å². The Hall–Kier alpha value is -1.37. The first-order chi connectivity index (χ1) is 11.3. The smallest absolute Gasteiger partial charge is 0.224 e. The number of carbonyl (C=O) groups is 1. The first-order valence-electron chi connectivity index (χ1n) is 8.54. The molecule has 6 heteroatoms. The van der Waals surface area contributed by atoms with E-state index in [9.17, 15) is 4.79 Å². The van der Waals surface area contributed by atoms with Crippen molar-refractivity contribution in [3.63, 3.8) is 0 Å². The molecule has 1 aromatic heterocycles. The third-order valence-corrected chi connectivity index (χ3v) is 4.58. The Bertz CT molecular complexity index is 510. The zero-order chi connectivity index (χ0) is 16.1. The van der Waals surface area contributed by atoms with E-state index in [2.05, 4.69) is 11.8 Å². The summed E-state index contributed by atoms with van der Waals surface area (Å²) in [4.78, 5) is 16.5. The monoisotopic (exact) mass is 322 g/mol. The predicted octanol–water partition coefficient (Wildman–Crippen LogP) is 1.46. The molecule has 3 rings (SSSR count). The molecule has 6 nitrogen and oxygen atoms in total. The maximum Gasteiger partial charge on any atom is 0.224 e. The van der Waals surface area contributed by atoms with Gasteiger partial charge in [-0.2, -0.15) is 0 Å². The molecule has 0 bridgehead atoms. The summed E-state index contributed by atoms with van der Waals surface area (Å²) in [5, 5.41) is 0. The fourth-order valence-electron chi connectivity index (χ4n) is 3.14. The van der Waals surface area contributed by atoms with Gasteiger partial charge in [-0.05, 0) is 12.1 Å². The van der Waals surface area contributed by atoms with E-state index < -0.39 is 0 Å². The number of nitrogens with zero attached hydrogens (tertiary/aromatic N) is 2. The predicted molar refractivity (Wildman–Crippen MR) is 85.2 cm³/mol. The van der Waals surface area contributed by atoms with Crippen molar-refractivity contribution in [3.8, 4) is 0 Å². The minimum atomic E-state index is 0.113. The first-order valence-corrected chi connectivity index (χ1v) is 8.54. The second kappa shape index (κ2) is 7.95. The summed E-state index contributed by atoms with van der Waals surface area (Å²) in [6.07, 6.45) is 1.43. The van der Waals surface area contributed by atoms with Crippen molar-refractivity contribution in [1.29, 1.82) is 0 Å². The Morgan fingerprint density at radius 3 is 2.70 bits per heavy atom. The summed E-state index contributed by atoms with van der Waals surface area (Å²) in [7, 11) is 0. The van der Waals surface area contributed by atoms with Gasteiger partial charge in [0.05, 0.1) is 32.5 Å². The number of hydrogen-bond donors (Lipinski definition) is 0. The maximum atomic E-state index is 12.3. The summed E-state index contributed by atoms with van der Waals surface area (Å²) in [6.45, 7) is 7.73. The molecule has 1 amide bonds. The third-order valence-electron chi connectivity index (χ3n) is 4.58. The minimum Gasteiger partial charge on any atom is -0.464 e. The van der Waals surface area contributed by atoms with E-state index in [0.717, 1.165) is 31.0 Å². The van der Waals surface area contributed by atoms with E-state index >= 15 is 0 Å². The Kier molecular flexibility index (Phi) is 5.70. The Labute approximate surface area is 137 Å². The zero-order valence-electron chi connectivity index (χ0n) is 13.8. The number of rotatable bonds is 5. The van der Waals surface area contributed by atoms with Crippen LogP contribution in [0, 0.1) is 0 Å². The highest BCUT2D eigenvalue weighted by molar-refractivity contribution is 5.76. The highest BCUT2D eigenvalue weighted by Gasteiger charge is 2.28. The van der Waals surface area contributed by atoms with Crippen LogP contribution < -0.4 is 0 Å². The van der Waals surface area contributed by atoms with E-state index in [1.54, 1.807) is 0 Å². The normalized spacial score (nSPS) is 23.2. The number of furan rings is 1. The molecular weight excluding hydrogens is 296 g/mol. The summed E-state index contributed by atoms with van der Waals surface area (Å²) >= 11 is 0. The van der Waals surface area contributed by atoms with Crippen LogP contribution in [0.5, 0.6) is 0 Å². The molecule has 0 spiro atoms. The Morgan fingerprint density at radius 2 is 1.96 bits per heavy atom. The average molecular weight is 322 g/mol. The number of hydrogen-bond acceptors (Lipinski definition) is 5. The molecule has 0 radical (unpaired) electrons. The van der Waals surface area contributed by atoms with Gasteiger partial charge in [0, 0.05) is 39.0 Å². The largest absolute Gasteiger partial charge is 0.464 e. The van der Waals surface area contributed by atoms with Gasteiger partial charge >= 0.3 is 0 Å². The van der Waals surface area contributed by atoms with Crippen LogP contribution in [0.15, 0.2) is 16.5 Å². The van der Waals surface area contributed by atoms with E-state index in [1.807, 2.05) is 17.0 Å². The molecule has 23 heavy (non-hydrogen) atoms. The second-order valence-electron chi connectivity index (χ2n) is 6.03. The molecule has 2 fully saturated rings. The number of morpholine rings is 2. The van der Waals surface area contributed by atoms with Crippen molar-refractivity contribution >= 4 is 5.91 Å². The molecule has 0 N–H and O–H groups in total. The SMILES string of the molecule is CCc1ccc(C2COCCN2CCC(=O)N2CCOCC2)o1. The first kappa shape index (κ1) is 16.5. The molecule has 0 saturated carbocycles. The zero-order valence-corrected chi connectivity index (χ0v) is 13.8. The topological polar surface area (TPSA) is 55.2 Å². The number of amides is 1. The fourth-order valence-corrected chi connectivity index (χ4v) is 3.14. The third kappa shape index (κ3) is 4.13. The quantitative estimate of drug-likeness (QED) is 0.821. The van der Waals surface area contributed by atoms with Crippen LogP contribution in [0.4, 0.5) is 0 Å². The molecule has 2 saturated heterocycles. The van der Waals surface area contributed by atoms with Crippen LogP contribution in [0.2, 0.25) is 0 Å². The van der Waals surface area contributed by atoms with E-state index in [1.165, 1.54) is 0 Å². The molecule has 1 aromatic rings. The van der Waals surface area contributed by atoms with Gasteiger partial charge in [-0.1, -0.05) is 6.92 Å². The van der Waals surface area contributed by atoms with Gasteiger partial charge in [0.2, 0.25) is 5.91 Å². The lowest BCUT2D eigenvalue weighted by Gasteiger charge is -2.35. The van der Waals surface area contributed by atoms with Crippen LogP contribution in [-0.4, -0.2) is 68.3 Å². The summed E-state index contributed by atoms with van der Waals surface area (Å²) < 4.78 is 16.8. The Balaban J connectivity index is 1.56. The van der Waals surface area contributed by atoms with Crippen molar-refractivity contribution in [2.75, 3.05) is 52.6 Å². The molecule has 0 aliphatic carbocycles. The van der Waals surface area contributed by atoms with Crippen LogP contribution in [0.1, 0.15) is 30.9 Å². The van der Waals surface area contributed by atoms with Crippen LogP contribution in [0.25, 0.3) is 0 Å². The summed E-state index contributed by atoms with van der Waals surface area (Å²) in [5.41, 5.74) is 0. The van der Waals surface area contributed by atoms with Crippen LogP contribution in [0.3, 0.4) is 0 Å². The molecule has 128 valence electrons. The van der Waals surface area contributed by atoms with Crippen molar-refractivity contribution < 1.29 is 18.7 Å². The van der Waals surface area contributed by atoms with Crippen molar-refractivity contribution in [1.82, 2.24) is 9.80 Å². The Morgan fingerprint density at radius 1 is 1.17 bits per heavy atom. The van der Waals surface area contributed by atoms with Gasteiger partial charge in [-0.25, -0.2) is 0 Å². The van der Waals surface area contributed by atoms with Crippen molar-refractivity contribution in [3.05, 3.63) is 23.7 Å². The number of carbonyl (C=O) groups excluding carboxylic acids is 1. The highest BCUT2D eigenvalue weighted by Crippen LogP contribution is 2.26. The lowest BCUT2D eigenvalue weighted by molar-refractivity contribution is -0.136. The molecule has 2 aliphatic heterocycles. The molecule has 3 heterocycles. The number of ether oxygens (including phenoxy) is 2. The van der Waals surface area contributed by atoms with Crippen LogP contribution in [-0.2, 0) is 20.7 Å². The van der Waals surface area contributed by atoms with Gasteiger partial charge in [0.25, 0.3) is 0 Å². The van der Waals surface area contributed by atoms with E-state index in [-0.39, 0.29) is 11.9 Å². The highest BCUT2D eigenvalue weighted by atomic mass is 16.5. The van der Waals surface area contributed by atoms with Gasteiger partial charge < -0.3 is 18.8 Å². The molecule has 1 atom stereocenters. The van der Waals surface area contributed by atoms with Gasteiger partial charge in [-0.15, -0.1) is 0 Å². The average Bonchev–Trinajstić information content (AvgIpc) is 3.09. The molecular formula is C17H26N2O4. The lowest BCUT2D eigenvalue weighted by atomic mass is 10.1. The van der Waals surface area contributed by atoms with Crippen LogP contribution >= 0.6 is 0 Å². The summed E-state index contributed by atoms with van der Waals surface area (Å²) in [6, 6.07) is 4.18. The standard InChI is InChI=1S/C17H26N2O4/c1-2-14-3-4-16(23-14)15-13-22-12-7-18(15)6-5-17(20)19-8-10-21-11-9-19/h3-4,15H,2,5-13H2,1H3. The van der Waals surface area contributed by atoms with Crippen molar-refractivity contribution in [2.24, 2.45) is 0 Å². The van der Waals surface area contributed by atoms with E-state index in [0.29, 0.717) is 45.9 Å². The molecule has 0 aromatic carbocycles. The summed E-state index contributed by atoms with van der Waals surface area (Å²) in [5.74, 6) is 2.16. The lowest BCUT2D eigenvalue weighted by Crippen LogP contribution is -2.44. The molecule has 2 aliphatic rings. The minimum absolute atomic E-state index is 0.113. The second-order valence-corrected chi connectivity index (χ2v) is 6.03. The van der Waals surface area contributed by atoms with Gasteiger partial charge in [-0.3, -0.25) is 9.69 Å². The van der Waals surface area contributed by atoms with Gasteiger partial charge in [0.15, 0.2) is 0 Å².